The minimum atomic E-state index is -2.41. The van der Waals surface area contributed by atoms with E-state index in [0.717, 1.165) is 12.8 Å². The molecule has 0 amide bonds. The van der Waals surface area contributed by atoms with Crippen LogP contribution in [0.4, 0.5) is 4.39 Å². The predicted molar refractivity (Wildman–Crippen MR) is 93.3 cm³/mol. The summed E-state index contributed by atoms with van der Waals surface area (Å²) in [6.45, 7) is 2.23. The molecule has 1 aromatic rings. The van der Waals surface area contributed by atoms with E-state index in [1.165, 1.54) is 63.5 Å². The number of unbranched alkanes of at least 4 members (excludes halogenated alkanes) is 9. The van der Waals surface area contributed by atoms with Crippen LogP contribution in [0.1, 0.15) is 76.7 Å². The van der Waals surface area contributed by atoms with Crippen molar-refractivity contribution in [2.24, 2.45) is 0 Å². The Hall–Kier alpha value is -0.940. The van der Waals surface area contributed by atoms with Gasteiger partial charge in [-0.15, -0.1) is 0 Å². The highest BCUT2D eigenvalue weighted by molar-refractivity contribution is 7.74. The fourth-order valence-corrected chi connectivity index (χ4v) is 2.94. The molecule has 0 fully saturated rings. The summed E-state index contributed by atoms with van der Waals surface area (Å²) in [5, 5.41) is 0. The van der Waals surface area contributed by atoms with Crippen LogP contribution < -0.4 is 4.18 Å². The highest BCUT2D eigenvalue weighted by atomic mass is 32.2. The Balaban J connectivity index is 2.10. The normalized spacial score (nSPS) is 12.3. The molecule has 0 bridgehead atoms. The van der Waals surface area contributed by atoms with Crippen LogP contribution in [0.25, 0.3) is 0 Å². The average molecular weight is 344 g/mol. The molecular formula is C18H29FO3S. The number of aryl methyl sites for hydroxylation is 1. The van der Waals surface area contributed by atoms with Crippen LogP contribution in [-0.4, -0.2) is 8.76 Å². The van der Waals surface area contributed by atoms with Gasteiger partial charge in [-0.1, -0.05) is 70.8 Å². The third kappa shape index (κ3) is 9.72. The zero-order valence-electron chi connectivity index (χ0n) is 14.1. The second kappa shape index (κ2) is 12.5. The number of halogens is 1. The van der Waals surface area contributed by atoms with Gasteiger partial charge in [0, 0.05) is 6.07 Å². The van der Waals surface area contributed by atoms with Gasteiger partial charge in [-0.05, 0) is 24.5 Å². The lowest BCUT2D eigenvalue weighted by Gasteiger charge is -2.06. The van der Waals surface area contributed by atoms with Gasteiger partial charge in [-0.2, -0.15) is 4.21 Å². The molecule has 1 unspecified atom stereocenters. The van der Waals surface area contributed by atoms with Gasteiger partial charge in [0.2, 0.25) is 0 Å². The molecule has 0 saturated heterocycles. The van der Waals surface area contributed by atoms with Crippen molar-refractivity contribution in [3.8, 4) is 5.75 Å². The van der Waals surface area contributed by atoms with Crippen molar-refractivity contribution < 1.29 is 17.3 Å². The fourth-order valence-electron chi connectivity index (χ4n) is 2.67. The number of hydrogen-bond donors (Lipinski definition) is 1. The molecule has 0 heterocycles. The molecule has 1 rings (SSSR count). The quantitative estimate of drug-likeness (QED) is 0.363. The van der Waals surface area contributed by atoms with E-state index < -0.39 is 11.4 Å². The molecule has 0 aliphatic carbocycles. The minimum absolute atomic E-state index is 0.0788. The van der Waals surface area contributed by atoms with E-state index in [0.29, 0.717) is 12.0 Å². The molecule has 5 heteroatoms. The van der Waals surface area contributed by atoms with Gasteiger partial charge in [-0.25, -0.2) is 4.39 Å². The van der Waals surface area contributed by atoms with Gasteiger partial charge < -0.3 is 4.18 Å². The van der Waals surface area contributed by atoms with Crippen molar-refractivity contribution >= 4 is 11.4 Å². The van der Waals surface area contributed by atoms with Gasteiger partial charge in [0.1, 0.15) is 11.6 Å². The Morgan fingerprint density at radius 3 is 2.09 bits per heavy atom. The highest BCUT2D eigenvalue weighted by Crippen LogP contribution is 2.19. The number of hydrogen-bond acceptors (Lipinski definition) is 2. The van der Waals surface area contributed by atoms with E-state index in [-0.39, 0.29) is 11.6 Å². The van der Waals surface area contributed by atoms with Crippen LogP contribution >= 0.6 is 0 Å². The first-order valence-corrected chi connectivity index (χ1v) is 9.74. The lowest BCUT2D eigenvalue weighted by Crippen LogP contribution is -1.99. The predicted octanol–water partition coefficient (Wildman–Crippen LogP) is 5.80. The van der Waals surface area contributed by atoms with Crippen molar-refractivity contribution in [1.82, 2.24) is 0 Å². The SMILES string of the molecule is CCCCCCCCCCCCc1ccc(OS(=O)O)cc1F. The lowest BCUT2D eigenvalue weighted by atomic mass is 10.0. The zero-order chi connectivity index (χ0) is 16.9. The molecular weight excluding hydrogens is 315 g/mol. The summed E-state index contributed by atoms with van der Waals surface area (Å²) < 4.78 is 37.5. The van der Waals surface area contributed by atoms with E-state index in [9.17, 15) is 8.60 Å². The largest absolute Gasteiger partial charge is 0.380 e. The van der Waals surface area contributed by atoms with Gasteiger partial charge in [0.05, 0.1) is 0 Å². The molecule has 0 saturated carbocycles. The Bertz CT molecular complexity index is 466. The molecule has 1 atom stereocenters. The van der Waals surface area contributed by atoms with Crippen molar-refractivity contribution in [3.63, 3.8) is 0 Å². The average Bonchev–Trinajstić information content (AvgIpc) is 2.50. The summed E-state index contributed by atoms with van der Waals surface area (Å²) in [6, 6.07) is 4.33. The minimum Gasteiger partial charge on any atom is -0.380 e. The Kier molecular flexibility index (Phi) is 10.9. The maximum Gasteiger partial charge on any atom is 0.357 e. The van der Waals surface area contributed by atoms with E-state index in [4.69, 9.17) is 4.55 Å². The summed E-state index contributed by atoms with van der Waals surface area (Å²) in [7, 11) is 0. The molecule has 0 spiro atoms. The van der Waals surface area contributed by atoms with Crippen LogP contribution in [0, 0.1) is 5.82 Å². The summed E-state index contributed by atoms with van der Waals surface area (Å²) in [5.41, 5.74) is 0.639. The second-order valence-electron chi connectivity index (χ2n) is 5.99. The number of benzene rings is 1. The summed E-state index contributed by atoms with van der Waals surface area (Å²) in [4.78, 5) is 0. The van der Waals surface area contributed by atoms with Crippen molar-refractivity contribution in [3.05, 3.63) is 29.6 Å². The smallest absolute Gasteiger partial charge is 0.357 e. The standard InChI is InChI=1S/C18H29FO3S/c1-2-3-4-5-6-7-8-9-10-11-12-16-13-14-17(15-18(16)19)22-23(20)21/h13-15H,2-12H2,1H3,(H,20,21). The van der Waals surface area contributed by atoms with Crippen molar-refractivity contribution in [2.75, 3.05) is 0 Å². The molecule has 0 aromatic heterocycles. The first kappa shape index (κ1) is 20.1. The molecule has 0 aliphatic rings. The first-order chi connectivity index (χ1) is 11.1. The monoisotopic (exact) mass is 344 g/mol. The van der Waals surface area contributed by atoms with Crippen molar-refractivity contribution in [2.45, 2.75) is 77.6 Å². The Morgan fingerprint density at radius 2 is 1.57 bits per heavy atom. The van der Waals surface area contributed by atoms with E-state index >= 15 is 0 Å². The van der Waals surface area contributed by atoms with Crippen LogP contribution in [0.2, 0.25) is 0 Å². The van der Waals surface area contributed by atoms with Crippen LogP contribution in [-0.2, 0) is 17.8 Å². The van der Waals surface area contributed by atoms with Gasteiger partial charge in [0.15, 0.2) is 0 Å². The summed E-state index contributed by atoms with van der Waals surface area (Å²) >= 11 is -2.41. The van der Waals surface area contributed by atoms with E-state index in [1.807, 2.05) is 0 Å². The van der Waals surface area contributed by atoms with Crippen LogP contribution in [0.3, 0.4) is 0 Å². The molecule has 1 N–H and O–H groups in total. The fraction of sp³-hybridized carbons (Fsp3) is 0.667. The molecule has 132 valence electrons. The topological polar surface area (TPSA) is 46.5 Å². The maximum atomic E-state index is 13.8. The molecule has 3 nitrogen and oxygen atoms in total. The molecule has 1 aromatic carbocycles. The molecule has 23 heavy (non-hydrogen) atoms. The second-order valence-corrected chi connectivity index (χ2v) is 6.59. The maximum absolute atomic E-state index is 13.8. The lowest BCUT2D eigenvalue weighted by molar-refractivity contribution is 0.455. The van der Waals surface area contributed by atoms with Gasteiger partial charge >= 0.3 is 11.4 Å². The van der Waals surface area contributed by atoms with Crippen LogP contribution in [0.15, 0.2) is 18.2 Å². The van der Waals surface area contributed by atoms with Crippen molar-refractivity contribution in [1.29, 1.82) is 0 Å². The van der Waals surface area contributed by atoms with Gasteiger partial charge in [-0.3, -0.25) is 4.55 Å². The van der Waals surface area contributed by atoms with Crippen LogP contribution in [0.5, 0.6) is 5.75 Å². The Morgan fingerprint density at radius 1 is 1.00 bits per heavy atom. The molecule has 0 aliphatic heterocycles. The summed E-state index contributed by atoms with van der Waals surface area (Å²) in [5.74, 6) is -0.293. The zero-order valence-corrected chi connectivity index (χ0v) is 14.9. The van der Waals surface area contributed by atoms with Gasteiger partial charge in [0.25, 0.3) is 0 Å². The van der Waals surface area contributed by atoms with E-state index in [1.54, 1.807) is 6.07 Å². The first-order valence-electron chi connectivity index (χ1n) is 8.71. The Labute approximate surface area is 142 Å². The number of rotatable bonds is 13. The highest BCUT2D eigenvalue weighted by Gasteiger charge is 2.06. The third-order valence-electron chi connectivity index (χ3n) is 3.99. The molecule has 0 radical (unpaired) electrons. The third-order valence-corrected chi connectivity index (χ3v) is 4.33. The van der Waals surface area contributed by atoms with E-state index in [2.05, 4.69) is 11.1 Å². The summed E-state index contributed by atoms with van der Waals surface area (Å²) in [6.07, 6.45) is 13.3.